The summed E-state index contributed by atoms with van der Waals surface area (Å²) < 4.78 is 17.7. The summed E-state index contributed by atoms with van der Waals surface area (Å²) in [5.74, 6) is 0.157. The highest BCUT2D eigenvalue weighted by molar-refractivity contribution is 5.86. The van der Waals surface area contributed by atoms with Gasteiger partial charge in [-0.15, -0.1) is 0 Å². The van der Waals surface area contributed by atoms with Crippen LogP contribution in [0.2, 0.25) is 0 Å². The van der Waals surface area contributed by atoms with Crippen LogP contribution in [0.15, 0.2) is 45.7 Å². The molecule has 2 aromatic heterocycles. The van der Waals surface area contributed by atoms with Crippen LogP contribution in [0.3, 0.4) is 0 Å². The zero-order chi connectivity index (χ0) is 16.1. The predicted octanol–water partition coefficient (Wildman–Crippen LogP) is 2.22. The van der Waals surface area contributed by atoms with E-state index in [9.17, 15) is 9.59 Å². The summed E-state index contributed by atoms with van der Waals surface area (Å²) in [5, 5.41) is 0. The lowest BCUT2D eigenvalue weighted by Crippen LogP contribution is -2.25. The average molecular weight is 317 g/mol. The number of furan rings is 1. The van der Waals surface area contributed by atoms with Gasteiger partial charge in [0.2, 0.25) is 5.76 Å². The largest absolute Gasteiger partial charge is 0.457 e. The van der Waals surface area contributed by atoms with Crippen molar-refractivity contribution in [3.63, 3.8) is 0 Å². The molecule has 1 saturated heterocycles. The van der Waals surface area contributed by atoms with Crippen LogP contribution in [0.1, 0.15) is 35.6 Å². The highest BCUT2D eigenvalue weighted by Crippen LogP contribution is 2.15. The fraction of sp³-hybridized carbons (Fsp3) is 0.412. The quantitative estimate of drug-likeness (QED) is 0.791. The Morgan fingerprint density at radius 1 is 1.26 bits per heavy atom. The van der Waals surface area contributed by atoms with Gasteiger partial charge in [0.15, 0.2) is 0 Å². The van der Waals surface area contributed by atoms with Crippen molar-refractivity contribution in [3.05, 3.63) is 58.4 Å². The standard InChI is InChI=1S/C17H19NO5/c19-16-6-1-3-9-18(16)11-13-7-8-15(23-13)17(20)22-12-14-5-2-4-10-21-14/h1,3,6-9,14H,2,4-5,10-12H2. The third-order valence-corrected chi connectivity index (χ3v) is 3.76. The van der Waals surface area contributed by atoms with Gasteiger partial charge in [-0.1, -0.05) is 6.07 Å². The molecular weight excluding hydrogens is 298 g/mol. The predicted molar refractivity (Wildman–Crippen MR) is 82.4 cm³/mol. The molecule has 3 rings (SSSR count). The Hall–Kier alpha value is -2.34. The first kappa shape index (κ1) is 15.6. The molecule has 0 aromatic carbocycles. The smallest absolute Gasteiger partial charge is 0.374 e. The van der Waals surface area contributed by atoms with Crippen molar-refractivity contribution >= 4 is 5.97 Å². The minimum Gasteiger partial charge on any atom is -0.457 e. The molecule has 2 aromatic rings. The van der Waals surface area contributed by atoms with Crippen molar-refractivity contribution in [3.8, 4) is 0 Å². The van der Waals surface area contributed by atoms with Gasteiger partial charge in [-0.05, 0) is 37.5 Å². The summed E-state index contributed by atoms with van der Waals surface area (Å²) in [5.41, 5.74) is -0.123. The molecule has 122 valence electrons. The third-order valence-electron chi connectivity index (χ3n) is 3.76. The topological polar surface area (TPSA) is 70.7 Å². The molecule has 3 heterocycles. The summed E-state index contributed by atoms with van der Waals surface area (Å²) in [6.45, 7) is 1.24. The van der Waals surface area contributed by atoms with Crippen LogP contribution in [0.5, 0.6) is 0 Å². The zero-order valence-electron chi connectivity index (χ0n) is 12.8. The van der Waals surface area contributed by atoms with E-state index in [-0.39, 0.29) is 30.6 Å². The van der Waals surface area contributed by atoms with Crippen LogP contribution in [0.25, 0.3) is 0 Å². The van der Waals surface area contributed by atoms with Crippen LogP contribution in [-0.4, -0.2) is 29.9 Å². The molecule has 6 heteroatoms. The minimum absolute atomic E-state index is 0.0231. The van der Waals surface area contributed by atoms with Gasteiger partial charge in [-0.25, -0.2) is 4.79 Å². The molecule has 0 bridgehead atoms. The Morgan fingerprint density at radius 3 is 2.96 bits per heavy atom. The second kappa shape index (κ2) is 7.28. The van der Waals surface area contributed by atoms with E-state index >= 15 is 0 Å². The van der Waals surface area contributed by atoms with Crippen LogP contribution in [-0.2, 0) is 16.0 Å². The van der Waals surface area contributed by atoms with Gasteiger partial charge in [-0.3, -0.25) is 4.79 Å². The molecule has 0 N–H and O–H groups in total. The van der Waals surface area contributed by atoms with Crippen molar-refractivity contribution in [2.45, 2.75) is 31.9 Å². The zero-order valence-corrected chi connectivity index (χ0v) is 12.8. The maximum absolute atomic E-state index is 12.0. The molecule has 6 nitrogen and oxygen atoms in total. The van der Waals surface area contributed by atoms with Crippen LogP contribution < -0.4 is 5.56 Å². The van der Waals surface area contributed by atoms with E-state index in [0.29, 0.717) is 5.76 Å². The average Bonchev–Trinajstić information content (AvgIpc) is 3.04. The van der Waals surface area contributed by atoms with E-state index in [4.69, 9.17) is 13.9 Å². The SMILES string of the molecule is O=C(OCC1CCCCO1)c1ccc(Cn2ccccc2=O)o1. The van der Waals surface area contributed by atoms with Crippen molar-refractivity contribution in [2.24, 2.45) is 0 Å². The van der Waals surface area contributed by atoms with Gasteiger partial charge >= 0.3 is 5.97 Å². The van der Waals surface area contributed by atoms with E-state index < -0.39 is 5.97 Å². The van der Waals surface area contributed by atoms with Gasteiger partial charge in [0.05, 0.1) is 12.6 Å². The Balaban J connectivity index is 1.56. The molecule has 1 unspecified atom stereocenters. The Kier molecular flexibility index (Phi) is 4.92. The van der Waals surface area contributed by atoms with E-state index in [1.54, 1.807) is 30.5 Å². The lowest BCUT2D eigenvalue weighted by atomic mass is 10.1. The number of aromatic nitrogens is 1. The lowest BCUT2D eigenvalue weighted by molar-refractivity contribution is -0.0311. The fourth-order valence-corrected chi connectivity index (χ4v) is 2.51. The van der Waals surface area contributed by atoms with E-state index in [1.807, 2.05) is 0 Å². The highest BCUT2D eigenvalue weighted by atomic mass is 16.6. The molecule has 0 aliphatic carbocycles. The summed E-state index contributed by atoms with van der Waals surface area (Å²) >= 11 is 0. The number of rotatable bonds is 5. The molecule has 1 aliphatic rings. The number of nitrogens with zero attached hydrogens (tertiary/aromatic N) is 1. The van der Waals surface area contributed by atoms with Crippen molar-refractivity contribution in [1.29, 1.82) is 0 Å². The first-order valence-corrected chi connectivity index (χ1v) is 7.75. The molecule has 1 atom stereocenters. The molecule has 0 amide bonds. The number of carbonyl (C=O) groups excluding carboxylic acids is 1. The monoisotopic (exact) mass is 317 g/mol. The number of ether oxygens (including phenoxy) is 2. The second-order valence-corrected chi connectivity index (χ2v) is 5.52. The molecule has 0 radical (unpaired) electrons. The molecule has 1 fully saturated rings. The van der Waals surface area contributed by atoms with E-state index in [1.165, 1.54) is 10.6 Å². The number of hydrogen-bond donors (Lipinski definition) is 0. The number of carbonyl (C=O) groups is 1. The van der Waals surface area contributed by atoms with Gasteiger partial charge in [-0.2, -0.15) is 0 Å². The van der Waals surface area contributed by atoms with Gasteiger partial charge in [0.1, 0.15) is 12.4 Å². The van der Waals surface area contributed by atoms with Gasteiger partial charge in [0, 0.05) is 18.9 Å². The second-order valence-electron chi connectivity index (χ2n) is 5.52. The number of pyridine rings is 1. The summed E-state index contributed by atoms with van der Waals surface area (Å²) in [6.07, 6.45) is 4.71. The first-order valence-electron chi connectivity index (χ1n) is 7.75. The van der Waals surface area contributed by atoms with Crippen LogP contribution in [0.4, 0.5) is 0 Å². The summed E-state index contributed by atoms with van der Waals surface area (Å²) in [4.78, 5) is 23.6. The van der Waals surface area contributed by atoms with Crippen molar-refractivity contribution in [2.75, 3.05) is 13.2 Å². The van der Waals surface area contributed by atoms with Crippen LogP contribution in [0, 0.1) is 0 Å². The number of hydrogen-bond acceptors (Lipinski definition) is 5. The fourth-order valence-electron chi connectivity index (χ4n) is 2.51. The minimum atomic E-state index is -0.508. The Bertz CT molecular complexity index is 712. The molecule has 1 aliphatic heterocycles. The Morgan fingerprint density at radius 2 is 2.17 bits per heavy atom. The molecule has 23 heavy (non-hydrogen) atoms. The molecule has 0 saturated carbocycles. The van der Waals surface area contributed by atoms with E-state index in [0.717, 1.165) is 25.9 Å². The lowest BCUT2D eigenvalue weighted by Gasteiger charge is -2.21. The first-order chi connectivity index (χ1) is 11.2. The highest BCUT2D eigenvalue weighted by Gasteiger charge is 2.18. The van der Waals surface area contributed by atoms with Gasteiger partial charge in [0.25, 0.3) is 5.56 Å². The number of esters is 1. The van der Waals surface area contributed by atoms with Crippen molar-refractivity contribution < 1.29 is 18.7 Å². The summed E-state index contributed by atoms with van der Waals surface area (Å²) in [6, 6.07) is 8.16. The molecular formula is C17H19NO5. The third kappa shape index (κ3) is 4.10. The molecule has 0 spiro atoms. The maximum Gasteiger partial charge on any atom is 0.374 e. The summed E-state index contributed by atoms with van der Waals surface area (Å²) in [7, 11) is 0. The Labute approximate surface area is 133 Å². The van der Waals surface area contributed by atoms with E-state index in [2.05, 4.69) is 0 Å². The normalized spacial score (nSPS) is 17.8. The maximum atomic E-state index is 12.0. The van der Waals surface area contributed by atoms with Crippen molar-refractivity contribution in [1.82, 2.24) is 4.57 Å². The van der Waals surface area contributed by atoms with Gasteiger partial charge < -0.3 is 18.5 Å². The van der Waals surface area contributed by atoms with Crippen LogP contribution >= 0.6 is 0 Å².